The van der Waals surface area contributed by atoms with Gasteiger partial charge in [0.15, 0.2) is 0 Å². The maximum atomic E-state index is 14.5. The Morgan fingerprint density at radius 3 is 2.18 bits per heavy atom. The van der Waals surface area contributed by atoms with Crippen LogP contribution in [0.3, 0.4) is 0 Å². The average molecular weight is 613 g/mol. The highest BCUT2D eigenvalue weighted by atomic mass is 32.2. The van der Waals surface area contributed by atoms with E-state index in [1.54, 1.807) is 16.7 Å². The molecule has 2 bridgehead atoms. The van der Waals surface area contributed by atoms with Crippen LogP contribution < -0.4 is 15.5 Å². The van der Waals surface area contributed by atoms with E-state index < -0.39 is 28.7 Å². The molecular formula is C35H40N4O4S. The van der Waals surface area contributed by atoms with Crippen LogP contribution in [0.4, 0.5) is 17.1 Å². The first kappa shape index (κ1) is 30.2. The van der Waals surface area contributed by atoms with Crippen molar-refractivity contribution < 1.29 is 19.5 Å². The molecule has 1 spiro atoms. The molecule has 6 atom stereocenters. The Balaban J connectivity index is 1.33. The van der Waals surface area contributed by atoms with Crippen molar-refractivity contribution in [3.63, 3.8) is 0 Å². The van der Waals surface area contributed by atoms with E-state index in [1.807, 2.05) is 84.9 Å². The normalized spacial score (nSPS) is 25.9. The van der Waals surface area contributed by atoms with Crippen molar-refractivity contribution in [1.82, 2.24) is 4.90 Å². The molecule has 3 aliphatic rings. The Morgan fingerprint density at radius 1 is 0.932 bits per heavy atom. The van der Waals surface area contributed by atoms with Crippen LogP contribution in [-0.2, 0) is 20.8 Å². The first-order valence-corrected chi connectivity index (χ1v) is 16.4. The number of nitrogens with zero attached hydrogens (tertiary/aromatic N) is 2. The number of aliphatic hydroxyl groups is 1. The van der Waals surface area contributed by atoms with Crippen LogP contribution in [0.25, 0.3) is 0 Å². The van der Waals surface area contributed by atoms with Crippen molar-refractivity contribution in [2.45, 2.75) is 55.2 Å². The van der Waals surface area contributed by atoms with E-state index in [0.29, 0.717) is 24.2 Å². The maximum Gasteiger partial charge on any atom is 0.248 e. The second kappa shape index (κ2) is 12.7. The fourth-order valence-electron chi connectivity index (χ4n) is 7.52. The van der Waals surface area contributed by atoms with Gasteiger partial charge in [-0.25, -0.2) is 0 Å². The Kier molecular flexibility index (Phi) is 8.69. The third kappa shape index (κ3) is 5.37. The van der Waals surface area contributed by atoms with Gasteiger partial charge in [0, 0.05) is 35.4 Å². The lowest BCUT2D eigenvalue weighted by Gasteiger charge is -2.37. The molecule has 0 radical (unpaired) electrons. The molecule has 6 rings (SSSR count). The summed E-state index contributed by atoms with van der Waals surface area (Å²) in [5.41, 5.74) is 3.37. The predicted octanol–water partition coefficient (Wildman–Crippen LogP) is 4.80. The summed E-state index contributed by atoms with van der Waals surface area (Å²) >= 11 is 1.63. The van der Waals surface area contributed by atoms with E-state index in [0.717, 1.165) is 30.8 Å². The van der Waals surface area contributed by atoms with Crippen LogP contribution in [0.5, 0.6) is 0 Å². The molecule has 230 valence electrons. The quantitative estimate of drug-likeness (QED) is 0.288. The topological polar surface area (TPSA) is 102 Å². The molecule has 3 amide bonds. The van der Waals surface area contributed by atoms with Crippen LogP contribution in [-0.4, -0.2) is 69.5 Å². The first-order valence-electron chi connectivity index (χ1n) is 15.6. The average Bonchev–Trinajstić information content (AvgIpc) is 3.69. The lowest BCUT2D eigenvalue weighted by molar-refractivity contribution is -0.141. The highest BCUT2D eigenvalue weighted by Gasteiger charge is 2.74. The predicted molar refractivity (Wildman–Crippen MR) is 176 cm³/mol. The molecule has 9 heteroatoms. The van der Waals surface area contributed by atoms with Crippen molar-refractivity contribution in [2.75, 3.05) is 35.2 Å². The molecule has 0 aliphatic carbocycles. The van der Waals surface area contributed by atoms with Gasteiger partial charge >= 0.3 is 0 Å². The number of likely N-dealkylation sites (tertiary alicyclic amines) is 1. The molecule has 3 aromatic rings. The second-order valence-electron chi connectivity index (χ2n) is 11.9. The Bertz CT molecular complexity index is 1480. The molecule has 3 heterocycles. The van der Waals surface area contributed by atoms with Crippen molar-refractivity contribution in [3.8, 4) is 0 Å². The van der Waals surface area contributed by atoms with Crippen LogP contribution in [0.2, 0.25) is 0 Å². The zero-order valence-corrected chi connectivity index (χ0v) is 26.0. The Hall–Kier alpha value is -3.82. The van der Waals surface area contributed by atoms with Gasteiger partial charge in [-0.05, 0) is 75.1 Å². The number of hydrogen-bond acceptors (Lipinski definition) is 6. The van der Waals surface area contributed by atoms with E-state index >= 15 is 0 Å². The second-order valence-corrected chi connectivity index (χ2v) is 13.5. The smallest absolute Gasteiger partial charge is 0.248 e. The number of fused-ring (bicyclic) bond motifs is 1. The fraction of sp³-hybridized carbons (Fsp3) is 0.400. The number of rotatable bonds is 11. The molecule has 0 saturated carbocycles. The summed E-state index contributed by atoms with van der Waals surface area (Å²) in [5.74, 6) is -1.91. The van der Waals surface area contributed by atoms with Gasteiger partial charge in [-0.3, -0.25) is 14.4 Å². The van der Waals surface area contributed by atoms with Gasteiger partial charge in [-0.15, -0.1) is 11.8 Å². The number of carbonyl (C=O) groups is 3. The maximum absolute atomic E-state index is 14.5. The standard InChI is InChI=1S/C35H40N4O4S/c1-3-38(4-2)26-17-15-25(16-18-26)37-33(42)31-35-20-19-28(44-35)29(32(41)36-24-13-9-6-10-14-24)30(35)34(43)39(31)27(22-40)21-23-11-7-5-8-12-23/h5-18,27-31,40H,3-4,19-22H2,1-2H3,(H,36,41)(H,37,42)/t27-,28+,29-,30+,31?,35?/m1/s1. The van der Waals surface area contributed by atoms with Gasteiger partial charge in [-0.1, -0.05) is 48.5 Å². The van der Waals surface area contributed by atoms with Gasteiger partial charge in [-0.2, -0.15) is 0 Å². The molecule has 8 nitrogen and oxygen atoms in total. The SMILES string of the molecule is CCN(CC)c1ccc(NC(=O)C2N([C@@H](CO)Cc3ccccc3)C(=O)[C@@H]3[C@H](C(=O)Nc4ccccc4)[C@@H]4CCC23S4)cc1. The Labute approximate surface area is 263 Å². The highest BCUT2D eigenvalue weighted by molar-refractivity contribution is 8.02. The van der Waals surface area contributed by atoms with E-state index in [2.05, 4.69) is 29.4 Å². The van der Waals surface area contributed by atoms with Crippen molar-refractivity contribution in [2.24, 2.45) is 11.8 Å². The number of benzene rings is 3. The minimum absolute atomic E-state index is 0.0554. The van der Waals surface area contributed by atoms with Crippen LogP contribution in [0.15, 0.2) is 84.9 Å². The molecular weight excluding hydrogens is 572 g/mol. The summed E-state index contributed by atoms with van der Waals surface area (Å²) in [7, 11) is 0. The van der Waals surface area contributed by atoms with Gasteiger partial charge in [0.25, 0.3) is 0 Å². The summed E-state index contributed by atoms with van der Waals surface area (Å²) in [6.07, 6.45) is 1.82. The fourth-order valence-corrected chi connectivity index (χ4v) is 9.73. The minimum atomic E-state index is -0.826. The van der Waals surface area contributed by atoms with E-state index in [1.165, 1.54) is 0 Å². The van der Waals surface area contributed by atoms with Crippen molar-refractivity contribution in [1.29, 1.82) is 0 Å². The molecule has 3 N–H and O–H groups in total. The van der Waals surface area contributed by atoms with Crippen LogP contribution in [0.1, 0.15) is 32.3 Å². The van der Waals surface area contributed by atoms with Gasteiger partial charge < -0.3 is 25.5 Å². The van der Waals surface area contributed by atoms with Gasteiger partial charge in [0.05, 0.1) is 29.2 Å². The third-order valence-electron chi connectivity index (χ3n) is 9.51. The third-order valence-corrected chi connectivity index (χ3v) is 11.5. The minimum Gasteiger partial charge on any atom is -0.394 e. The Morgan fingerprint density at radius 2 is 1.55 bits per heavy atom. The number of amides is 3. The van der Waals surface area contributed by atoms with Gasteiger partial charge in [0.1, 0.15) is 6.04 Å². The molecule has 3 aromatic carbocycles. The highest BCUT2D eigenvalue weighted by Crippen LogP contribution is 2.66. The molecule has 3 fully saturated rings. The molecule has 3 aliphatic heterocycles. The summed E-state index contributed by atoms with van der Waals surface area (Å²) < 4.78 is -0.754. The summed E-state index contributed by atoms with van der Waals surface area (Å²) in [6.45, 7) is 5.68. The summed E-state index contributed by atoms with van der Waals surface area (Å²) in [6, 6.07) is 25.3. The van der Waals surface area contributed by atoms with Crippen molar-refractivity contribution in [3.05, 3.63) is 90.5 Å². The first-order chi connectivity index (χ1) is 21.4. The summed E-state index contributed by atoms with van der Waals surface area (Å²) in [5, 5.41) is 16.7. The van der Waals surface area contributed by atoms with Gasteiger partial charge in [0.2, 0.25) is 17.7 Å². The zero-order valence-electron chi connectivity index (χ0n) is 25.2. The lowest BCUT2D eigenvalue weighted by Crippen LogP contribution is -2.55. The summed E-state index contributed by atoms with van der Waals surface area (Å²) in [4.78, 5) is 46.5. The number of hydrogen-bond donors (Lipinski definition) is 3. The van der Waals surface area contributed by atoms with E-state index in [4.69, 9.17) is 0 Å². The number of aliphatic hydroxyl groups excluding tert-OH is 1. The van der Waals surface area contributed by atoms with E-state index in [9.17, 15) is 19.5 Å². The molecule has 2 unspecified atom stereocenters. The van der Waals surface area contributed by atoms with Crippen LogP contribution >= 0.6 is 11.8 Å². The number of anilines is 3. The number of thioether (sulfide) groups is 1. The number of nitrogens with one attached hydrogen (secondary N) is 2. The number of para-hydroxylation sites is 1. The monoisotopic (exact) mass is 612 g/mol. The number of carbonyl (C=O) groups excluding carboxylic acids is 3. The van der Waals surface area contributed by atoms with E-state index in [-0.39, 0.29) is 29.6 Å². The molecule has 0 aromatic heterocycles. The van der Waals surface area contributed by atoms with Crippen LogP contribution in [0, 0.1) is 11.8 Å². The largest absolute Gasteiger partial charge is 0.394 e. The molecule has 44 heavy (non-hydrogen) atoms. The zero-order chi connectivity index (χ0) is 30.8. The lowest BCUT2D eigenvalue weighted by atomic mass is 9.70. The van der Waals surface area contributed by atoms with Crippen molar-refractivity contribution >= 4 is 46.5 Å². The molecule has 3 saturated heterocycles.